The quantitative estimate of drug-likeness (QED) is 0.904. The van der Waals surface area contributed by atoms with Crippen molar-refractivity contribution in [3.8, 4) is 5.88 Å². The number of aromatic nitrogens is 2. The van der Waals surface area contributed by atoms with E-state index < -0.39 is 6.10 Å². The number of rotatable bonds is 5. The molecule has 1 atom stereocenters. The second kappa shape index (κ2) is 8.07. The molecule has 0 saturated carbocycles. The van der Waals surface area contributed by atoms with E-state index in [-0.39, 0.29) is 11.8 Å². The first-order chi connectivity index (χ1) is 12.2. The summed E-state index contributed by atoms with van der Waals surface area (Å²) in [7, 11) is 0. The van der Waals surface area contributed by atoms with Crippen LogP contribution in [0.2, 0.25) is 0 Å². The van der Waals surface area contributed by atoms with Crippen molar-refractivity contribution in [3.05, 3.63) is 54.0 Å². The maximum atomic E-state index is 12.8. The van der Waals surface area contributed by atoms with Gasteiger partial charge in [-0.25, -0.2) is 4.98 Å². The number of amides is 1. The number of carbonyl (C=O) groups is 1. The Bertz CT molecular complexity index is 700. The summed E-state index contributed by atoms with van der Waals surface area (Å²) in [5, 5.41) is 10.5. The van der Waals surface area contributed by atoms with Gasteiger partial charge in [0.25, 0.3) is 5.91 Å². The molecule has 0 unspecified atom stereocenters. The highest BCUT2D eigenvalue weighted by atomic mass is 16.5. The van der Waals surface area contributed by atoms with Crippen LogP contribution in [0.1, 0.15) is 41.9 Å². The Morgan fingerprint density at radius 2 is 2.00 bits per heavy atom. The van der Waals surface area contributed by atoms with Crippen molar-refractivity contribution in [2.24, 2.45) is 5.92 Å². The molecule has 3 rings (SSSR count). The Hall–Kier alpha value is -2.47. The zero-order valence-electron chi connectivity index (χ0n) is 14.3. The number of hydrogen-bond donors (Lipinski definition) is 1. The molecule has 2 aromatic rings. The second-order valence-electron chi connectivity index (χ2n) is 6.12. The van der Waals surface area contributed by atoms with E-state index in [2.05, 4.69) is 9.97 Å². The van der Waals surface area contributed by atoms with E-state index in [4.69, 9.17) is 4.74 Å². The van der Waals surface area contributed by atoms with Crippen LogP contribution in [0.25, 0.3) is 0 Å². The summed E-state index contributed by atoms with van der Waals surface area (Å²) in [6.07, 6.45) is 4.21. The van der Waals surface area contributed by atoms with Crippen LogP contribution in [0.4, 0.5) is 0 Å². The van der Waals surface area contributed by atoms with Gasteiger partial charge in [0.2, 0.25) is 5.88 Å². The number of hydrogen-bond acceptors (Lipinski definition) is 5. The van der Waals surface area contributed by atoms with Crippen molar-refractivity contribution in [3.63, 3.8) is 0 Å². The lowest BCUT2D eigenvalue weighted by Gasteiger charge is -2.34. The van der Waals surface area contributed by atoms with Crippen LogP contribution < -0.4 is 4.74 Å². The van der Waals surface area contributed by atoms with Crippen LogP contribution in [0, 0.1) is 5.92 Å². The molecule has 0 bridgehead atoms. The average molecular weight is 341 g/mol. The molecule has 0 radical (unpaired) electrons. The van der Waals surface area contributed by atoms with Crippen LogP contribution in [0.5, 0.6) is 5.88 Å². The standard InChI is InChI=1S/C19H23N3O3/c1-2-25-18-15(6-5-11-21-18)19(24)22-12-8-14(9-13-22)17(23)16-7-3-4-10-20-16/h3-7,10-11,14,17,23H,2,8-9,12-13H2,1H3/t17-/m0/s1. The number of ether oxygens (including phenoxy) is 1. The van der Waals surface area contributed by atoms with Gasteiger partial charge in [-0.2, -0.15) is 0 Å². The molecule has 1 N–H and O–H groups in total. The molecule has 1 aliphatic rings. The molecule has 0 aliphatic carbocycles. The number of piperidine rings is 1. The first-order valence-corrected chi connectivity index (χ1v) is 8.66. The molecular weight excluding hydrogens is 318 g/mol. The fourth-order valence-corrected chi connectivity index (χ4v) is 3.19. The molecule has 1 amide bonds. The number of pyridine rings is 2. The topological polar surface area (TPSA) is 75.5 Å². The summed E-state index contributed by atoms with van der Waals surface area (Å²) in [4.78, 5) is 23.0. The van der Waals surface area contributed by atoms with Crippen molar-refractivity contribution >= 4 is 5.91 Å². The van der Waals surface area contributed by atoms with Crippen molar-refractivity contribution < 1.29 is 14.6 Å². The lowest BCUT2D eigenvalue weighted by atomic mass is 9.89. The Morgan fingerprint density at radius 1 is 1.24 bits per heavy atom. The van der Waals surface area contributed by atoms with Gasteiger partial charge in [-0.15, -0.1) is 0 Å². The smallest absolute Gasteiger partial charge is 0.259 e. The maximum Gasteiger partial charge on any atom is 0.259 e. The third-order valence-corrected chi connectivity index (χ3v) is 4.55. The number of aliphatic hydroxyl groups is 1. The van der Waals surface area contributed by atoms with Gasteiger partial charge in [0.05, 0.1) is 18.4 Å². The van der Waals surface area contributed by atoms with Crippen molar-refractivity contribution in [1.82, 2.24) is 14.9 Å². The van der Waals surface area contributed by atoms with Gasteiger partial charge in [-0.05, 0) is 49.9 Å². The molecule has 25 heavy (non-hydrogen) atoms. The molecule has 132 valence electrons. The highest BCUT2D eigenvalue weighted by Gasteiger charge is 2.30. The molecule has 2 aromatic heterocycles. The average Bonchev–Trinajstić information content (AvgIpc) is 2.68. The summed E-state index contributed by atoms with van der Waals surface area (Å²) in [5.74, 6) is 0.423. The molecule has 6 nitrogen and oxygen atoms in total. The fraction of sp³-hybridized carbons (Fsp3) is 0.421. The van der Waals surface area contributed by atoms with Gasteiger partial charge in [-0.3, -0.25) is 9.78 Å². The molecular formula is C19H23N3O3. The minimum atomic E-state index is -0.587. The Labute approximate surface area is 147 Å². The van der Waals surface area contributed by atoms with Gasteiger partial charge in [0, 0.05) is 25.5 Å². The maximum absolute atomic E-state index is 12.8. The molecule has 1 aliphatic heterocycles. The molecule has 3 heterocycles. The molecule has 0 spiro atoms. The third-order valence-electron chi connectivity index (χ3n) is 4.55. The van der Waals surface area contributed by atoms with Gasteiger partial charge in [-0.1, -0.05) is 6.07 Å². The molecule has 1 fully saturated rings. The van der Waals surface area contributed by atoms with Gasteiger partial charge in [0.15, 0.2) is 0 Å². The van der Waals surface area contributed by atoms with E-state index in [1.54, 1.807) is 29.4 Å². The summed E-state index contributed by atoms with van der Waals surface area (Å²) >= 11 is 0. The zero-order valence-corrected chi connectivity index (χ0v) is 14.3. The number of nitrogens with zero attached hydrogens (tertiary/aromatic N) is 3. The van der Waals surface area contributed by atoms with E-state index in [0.29, 0.717) is 36.8 Å². The zero-order chi connectivity index (χ0) is 17.6. The first kappa shape index (κ1) is 17.4. The number of aliphatic hydroxyl groups excluding tert-OH is 1. The van der Waals surface area contributed by atoms with E-state index in [1.807, 2.05) is 25.1 Å². The van der Waals surface area contributed by atoms with Crippen LogP contribution >= 0.6 is 0 Å². The van der Waals surface area contributed by atoms with Gasteiger partial charge in [0.1, 0.15) is 5.56 Å². The summed E-state index contributed by atoms with van der Waals surface area (Å²) in [6.45, 7) is 3.55. The Balaban J connectivity index is 1.63. The minimum absolute atomic E-state index is 0.0673. The lowest BCUT2D eigenvalue weighted by Crippen LogP contribution is -2.40. The predicted molar refractivity (Wildman–Crippen MR) is 93.2 cm³/mol. The lowest BCUT2D eigenvalue weighted by molar-refractivity contribution is 0.0444. The molecule has 6 heteroatoms. The van der Waals surface area contributed by atoms with E-state index >= 15 is 0 Å². The van der Waals surface area contributed by atoms with E-state index in [1.165, 1.54) is 0 Å². The second-order valence-corrected chi connectivity index (χ2v) is 6.12. The normalized spacial score (nSPS) is 16.5. The SMILES string of the molecule is CCOc1ncccc1C(=O)N1CCC([C@H](O)c2ccccn2)CC1. The van der Waals surface area contributed by atoms with Crippen LogP contribution in [-0.4, -0.2) is 45.6 Å². The highest BCUT2D eigenvalue weighted by molar-refractivity contribution is 5.96. The number of carbonyl (C=O) groups excluding carboxylic acids is 1. The van der Waals surface area contributed by atoms with Gasteiger partial charge < -0.3 is 14.7 Å². The van der Waals surface area contributed by atoms with E-state index in [0.717, 1.165) is 12.8 Å². The van der Waals surface area contributed by atoms with Gasteiger partial charge >= 0.3 is 0 Å². The Kier molecular flexibility index (Phi) is 5.60. The van der Waals surface area contributed by atoms with E-state index in [9.17, 15) is 9.90 Å². The van der Waals surface area contributed by atoms with Crippen molar-refractivity contribution in [1.29, 1.82) is 0 Å². The first-order valence-electron chi connectivity index (χ1n) is 8.66. The third kappa shape index (κ3) is 3.96. The fourth-order valence-electron chi connectivity index (χ4n) is 3.19. The van der Waals surface area contributed by atoms with Crippen LogP contribution in [0.15, 0.2) is 42.7 Å². The monoisotopic (exact) mass is 341 g/mol. The minimum Gasteiger partial charge on any atom is -0.477 e. The highest BCUT2D eigenvalue weighted by Crippen LogP contribution is 2.30. The van der Waals surface area contributed by atoms with Crippen molar-refractivity contribution in [2.75, 3.05) is 19.7 Å². The number of likely N-dealkylation sites (tertiary alicyclic amines) is 1. The summed E-state index contributed by atoms with van der Waals surface area (Å²) in [5.41, 5.74) is 1.19. The van der Waals surface area contributed by atoms with Crippen LogP contribution in [0.3, 0.4) is 0 Å². The van der Waals surface area contributed by atoms with Crippen LogP contribution in [-0.2, 0) is 0 Å². The van der Waals surface area contributed by atoms with Crippen molar-refractivity contribution in [2.45, 2.75) is 25.9 Å². The predicted octanol–water partition coefficient (Wildman–Crippen LogP) is 2.46. The summed E-state index contributed by atoms with van der Waals surface area (Å²) in [6, 6.07) is 9.04. The largest absolute Gasteiger partial charge is 0.477 e. The molecule has 0 aromatic carbocycles. The molecule has 1 saturated heterocycles. The Morgan fingerprint density at radius 3 is 2.68 bits per heavy atom. The summed E-state index contributed by atoms with van der Waals surface area (Å²) < 4.78 is 5.46.